The summed E-state index contributed by atoms with van der Waals surface area (Å²) in [6.07, 6.45) is 19.6. The molecule has 1 rings (SSSR count). The standard InChI is InChI=1S/C22H46NO2.BrH/c1-5-6-7-8-9-10-11-12-13-14-15-16-21-17-18-22(25-21)24-20-19-23(2,3)4;/h21-22H,5-20H2,1-4H3;1H/q+1;/p-1/t21-,22+;/m0./s1. The second-order valence-electron chi connectivity index (χ2n) is 8.97. The minimum absolute atomic E-state index is 0. The molecule has 0 saturated carbocycles. The normalized spacial score (nSPS) is 20.3. The molecule has 0 aromatic carbocycles. The molecule has 1 fully saturated rings. The third-order valence-corrected chi connectivity index (χ3v) is 5.26. The Morgan fingerprint density at radius 1 is 0.808 bits per heavy atom. The van der Waals surface area contributed by atoms with Crippen molar-refractivity contribution in [3.8, 4) is 0 Å². The van der Waals surface area contributed by atoms with E-state index in [1.54, 1.807) is 0 Å². The van der Waals surface area contributed by atoms with Gasteiger partial charge < -0.3 is 30.9 Å². The Balaban J connectivity index is 0.00000625. The third kappa shape index (κ3) is 15.4. The van der Waals surface area contributed by atoms with E-state index in [-0.39, 0.29) is 23.3 Å². The molecule has 2 atom stereocenters. The molecule has 0 aromatic heterocycles. The van der Waals surface area contributed by atoms with Gasteiger partial charge in [0.05, 0.1) is 33.9 Å². The van der Waals surface area contributed by atoms with Crippen LogP contribution >= 0.6 is 0 Å². The summed E-state index contributed by atoms with van der Waals surface area (Å²) >= 11 is 0. The van der Waals surface area contributed by atoms with Gasteiger partial charge in [0, 0.05) is 6.42 Å². The van der Waals surface area contributed by atoms with Gasteiger partial charge in [0.1, 0.15) is 6.54 Å². The molecule has 26 heavy (non-hydrogen) atoms. The summed E-state index contributed by atoms with van der Waals surface area (Å²) in [5.41, 5.74) is 0. The molecule has 0 N–H and O–H groups in total. The van der Waals surface area contributed by atoms with Crippen molar-refractivity contribution in [2.24, 2.45) is 0 Å². The Morgan fingerprint density at radius 3 is 1.88 bits per heavy atom. The smallest absolute Gasteiger partial charge is 0.158 e. The number of quaternary nitrogens is 1. The van der Waals surface area contributed by atoms with Crippen molar-refractivity contribution in [1.82, 2.24) is 0 Å². The van der Waals surface area contributed by atoms with E-state index < -0.39 is 0 Å². The number of hydrogen-bond donors (Lipinski definition) is 0. The topological polar surface area (TPSA) is 18.5 Å². The van der Waals surface area contributed by atoms with E-state index in [2.05, 4.69) is 28.1 Å². The number of unbranched alkanes of at least 4 members (excludes halogenated alkanes) is 10. The number of nitrogens with zero attached hydrogens (tertiary/aromatic N) is 1. The summed E-state index contributed by atoms with van der Waals surface area (Å²) in [4.78, 5) is 0. The van der Waals surface area contributed by atoms with Gasteiger partial charge in [0.15, 0.2) is 6.29 Å². The van der Waals surface area contributed by atoms with E-state index >= 15 is 0 Å². The zero-order valence-electron chi connectivity index (χ0n) is 18.1. The van der Waals surface area contributed by atoms with Crippen LogP contribution in [-0.4, -0.2) is 51.2 Å². The lowest BCUT2D eigenvalue weighted by Crippen LogP contribution is -3.00. The predicted octanol–water partition coefficient (Wildman–Crippen LogP) is 2.92. The number of ether oxygens (including phenoxy) is 2. The van der Waals surface area contributed by atoms with Crippen LogP contribution in [0.15, 0.2) is 0 Å². The summed E-state index contributed by atoms with van der Waals surface area (Å²) in [7, 11) is 6.61. The van der Waals surface area contributed by atoms with Crippen LogP contribution in [0.3, 0.4) is 0 Å². The Labute approximate surface area is 174 Å². The van der Waals surface area contributed by atoms with Crippen LogP contribution in [0.25, 0.3) is 0 Å². The molecular weight excluding hydrogens is 390 g/mol. The lowest BCUT2D eigenvalue weighted by Gasteiger charge is -2.24. The van der Waals surface area contributed by atoms with Crippen molar-refractivity contribution in [2.45, 2.75) is 109 Å². The minimum Gasteiger partial charge on any atom is -1.00 e. The van der Waals surface area contributed by atoms with E-state index in [9.17, 15) is 0 Å². The molecule has 0 amide bonds. The van der Waals surface area contributed by atoms with Crippen LogP contribution in [0, 0.1) is 0 Å². The maximum Gasteiger partial charge on any atom is 0.158 e. The molecular formula is C22H46BrNO2. The van der Waals surface area contributed by atoms with Crippen molar-refractivity contribution in [1.29, 1.82) is 0 Å². The fourth-order valence-corrected chi connectivity index (χ4v) is 3.50. The van der Waals surface area contributed by atoms with Gasteiger partial charge in [-0.15, -0.1) is 0 Å². The summed E-state index contributed by atoms with van der Waals surface area (Å²) in [6.45, 7) is 4.14. The molecule has 0 bridgehead atoms. The highest BCUT2D eigenvalue weighted by Crippen LogP contribution is 2.25. The van der Waals surface area contributed by atoms with Crippen molar-refractivity contribution in [3.05, 3.63) is 0 Å². The van der Waals surface area contributed by atoms with Gasteiger partial charge in [0.25, 0.3) is 0 Å². The molecule has 3 nitrogen and oxygen atoms in total. The third-order valence-electron chi connectivity index (χ3n) is 5.26. The zero-order valence-corrected chi connectivity index (χ0v) is 19.7. The summed E-state index contributed by atoms with van der Waals surface area (Å²) in [5, 5.41) is 0. The molecule has 1 aliphatic rings. The number of likely N-dealkylation sites (N-methyl/N-ethyl adjacent to an activating group) is 1. The van der Waals surface area contributed by atoms with E-state index in [1.165, 1.54) is 83.5 Å². The van der Waals surface area contributed by atoms with Gasteiger partial charge in [-0.05, 0) is 12.8 Å². The molecule has 0 aliphatic carbocycles. The SMILES string of the molecule is CCCCCCCCCCCCC[C@H]1CC[C@H](OCC[N+](C)(C)C)O1.[Br-]. The van der Waals surface area contributed by atoms with Gasteiger partial charge >= 0.3 is 0 Å². The maximum atomic E-state index is 6.04. The molecule has 0 unspecified atom stereocenters. The van der Waals surface area contributed by atoms with E-state index in [0.717, 1.165) is 24.1 Å². The van der Waals surface area contributed by atoms with Crippen molar-refractivity contribution in [3.63, 3.8) is 0 Å². The van der Waals surface area contributed by atoms with Crippen LogP contribution in [0.4, 0.5) is 0 Å². The number of halogens is 1. The first kappa shape index (κ1) is 26.4. The first-order valence-electron chi connectivity index (χ1n) is 11.1. The predicted molar refractivity (Wildman–Crippen MR) is 108 cm³/mol. The second kappa shape index (κ2) is 16.3. The fourth-order valence-electron chi connectivity index (χ4n) is 3.50. The molecule has 4 heteroatoms. The summed E-state index contributed by atoms with van der Waals surface area (Å²) in [5.74, 6) is 0. The van der Waals surface area contributed by atoms with Crippen LogP contribution in [0.1, 0.15) is 96.8 Å². The summed E-state index contributed by atoms with van der Waals surface area (Å²) in [6, 6.07) is 0. The van der Waals surface area contributed by atoms with Gasteiger partial charge in [-0.3, -0.25) is 0 Å². The molecule has 1 heterocycles. The first-order valence-corrected chi connectivity index (χ1v) is 11.1. The maximum absolute atomic E-state index is 6.04. The first-order chi connectivity index (χ1) is 12.0. The van der Waals surface area contributed by atoms with Gasteiger partial charge in [-0.1, -0.05) is 77.6 Å². The quantitative estimate of drug-likeness (QED) is 0.274. The Hall–Kier alpha value is 0.360. The van der Waals surface area contributed by atoms with Crippen molar-refractivity contribution >= 4 is 0 Å². The van der Waals surface area contributed by atoms with Gasteiger partial charge in [-0.2, -0.15) is 0 Å². The second-order valence-corrected chi connectivity index (χ2v) is 8.97. The highest BCUT2D eigenvalue weighted by Gasteiger charge is 2.25. The van der Waals surface area contributed by atoms with E-state index in [0.29, 0.717) is 6.10 Å². The Bertz CT molecular complexity index is 307. The number of hydrogen-bond acceptors (Lipinski definition) is 2. The van der Waals surface area contributed by atoms with Crippen LogP contribution < -0.4 is 17.0 Å². The van der Waals surface area contributed by atoms with E-state index in [1.807, 2.05) is 0 Å². The molecule has 1 aliphatic heterocycles. The largest absolute Gasteiger partial charge is 1.00 e. The average molecular weight is 437 g/mol. The lowest BCUT2D eigenvalue weighted by molar-refractivity contribution is -0.871. The van der Waals surface area contributed by atoms with Crippen molar-refractivity contribution < 1.29 is 30.9 Å². The van der Waals surface area contributed by atoms with Crippen LogP contribution in [0.2, 0.25) is 0 Å². The van der Waals surface area contributed by atoms with Gasteiger partial charge in [-0.25, -0.2) is 0 Å². The average Bonchev–Trinajstić information content (AvgIpc) is 2.99. The minimum atomic E-state index is 0. The molecule has 0 aromatic rings. The highest BCUT2D eigenvalue weighted by molar-refractivity contribution is 4.68. The van der Waals surface area contributed by atoms with Gasteiger partial charge in [0.2, 0.25) is 0 Å². The lowest BCUT2D eigenvalue weighted by atomic mass is 10.0. The highest BCUT2D eigenvalue weighted by atomic mass is 79.9. The monoisotopic (exact) mass is 435 g/mol. The van der Waals surface area contributed by atoms with Crippen molar-refractivity contribution in [2.75, 3.05) is 34.3 Å². The Morgan fingerprint density at radius 2 is 1.35 bits per heavy atom. The summed E-state index contributed by atoms with van der Waals surface area (Å²) < 4.78 is 12.9. The molecule has 0 radical (unpaired) electrons. The molecule has 0 spiro atoms. The van der Waals surface area contributed by atoms with E-state index in [4.69, 9.17) is 9.47 Å². The fraction of sp³-hybridized carbons (Fsp3) is 1.00. The molecule has 158 valence electrons. The molecule has 1 saturated heterocycles. The zero-order chi connectivity index (χ0) is 18.4. The number of rotatable bonds is 16. The Kier molecular flexibility index (Phi) is 16.6. The van der Waals surface area contributed by atoms with Crippen LogP contribution in [-0.2, 0) is 9.47 Å². The van der Waals surface area contributed by atoms with Crippen LogP contribution in [0.5, 0.6) is 0 Å².